The Bertz CT molecular complexity index is 869. The van der Waals surface area contributed by atoms with Crippen LogP contribution in [0.15, 0.2) is 47.5 Å². The summed E-state index contributed by atoms with van der Waals surface area (Å²) in [6.45, 7) is 7.14. The second kappa shape index (κ2) is 7.43. The van der Waals surface area contributed by atoms with Gasteiger partial charge >= 0.3 is 0 Å². The van der Waals surface area contributed by atoms with E-state index in [1.807, 2.05) is 24.3 Å². The van der Waals surface area contributed by atoms with Gasteiger partial charge in [-0.1, -0.05) is 43.8 Å². The van der Waals surface area contributed by atoms with Crippen molar-refractivity contribution in [3.05, 3.63) is 70.8 Å². The van der Waals surface area contributed by atoms with Crippen LogP contribution in [0, 0.1) is 23.5 Å². The Labute approximate surface area is 153 Å². The molecule has 3 rings (SSSR count). The molecule has 0 saturated carbocycles. The highest BCUT2D eigenvalue weighted by molar-refractivity contribution is 6.76. The van der Waals surface area contributed by atoms with Crippen LogP contribution in [0.2, 0.25) is 25.7 Å². The number of hydrogen-bond acceptors (Lipinski definition) is 2. The number of rotatable bonds is 3. The second-order valence-corrected chi connectivity index (χ2v) is 13.0. The molecule has 5 heteroatoms. The van der Waals surface area contributed by atoms with Gasteiger partial charge in [0.2, 0.25) is 5.90 Å². The minimum atomic E-state index is -1.16. The van der Waals surface area contributed by atoms with Crippen LogP contribution in [0.3, 0.4) is 0 Å². The normalized spacial score (nSPS) is 16.5. The molecular formula is C21H21F2NOSi. The minimum Gasteiger partial charge on any atom is -0.475 e. The average molecular weight is 369 g/mol. The second-order valence-electron chi connectivity index (χ2n) is 7.52. The third-order valence-corrected chi connectivity index (χ3v) is 5.21. The molecule has 0 amide bonds. The molecule has 134 valence electrons. The largest absolute Gasteiger partial charge is 0.475 e. The monoisotopic (exact) mass is 369 g/mol. The predicted octanol–water partition coefficient (Wildman–Crippen LogP) is 5.17. The van der Waals surface area contributed by atoms with Crippen molar-refractivity contribution in [2.24, 2.45) is 4.99 Å². The standard InChI is InChI=1S/C21H21F2NOSi/c1-26(2,3)13-5-6-15-9-11-16(12-10-15)19-14-25-21(24-19)20-17(22)7-4-8-18(20)23/h4,7-12,19H,13-14H2,1-3H3. The number of halogens is 2. The number of benzene rings is 2. The minimum absolute atomic E-state index is 0.0182. The lowest BCUT2D eigenvalue weighted by Crippen LogP contribution is -2.17. The molecule has 0 saturated heterocycles. The highest BCUT2D eigenvalue weighted by Crippen LogP contribution is 2.27. The molecule has 1 unspecified atom stereocenters. The Morgan fingerprint density at radius 1 is 1.08 bits per heavy atom. The maximum Gasteiger partial charge on any atom is 0.222 e. The van der Waals surface area contributed by atoms with Crippen LogP contribution in [0.25, 0.3) is 0 Å². The van der Waals surface area contributed by atoms with Gasteiger partial charge in [-0.2, -0.15) is 0 Å². The zero-order valence-corrected chi connectivity index (χ0v) is 16.1. The molecule has 0 aliphatic carbocycles. The maximum atomic E-state index is 13.9. The van der Waals surface area contributed by atoms with E-state index in [-0.39, 0.29) is 24.1 Å². The van der Waals surface area contributed by atoms with Crippen LogP contribution < -0.4 is 0 Å². The van der Waals surface area contributed by atoms with Gasteiger partial charge in [-0.3, -0.25) is 0 Å². The van der Waals surface area contributed by atoms with Gasteiger partial charge in [0, 0.05) is 11.6 Å². The van der Waals surface area contributed by atoms with Crippen LogP contribution in [0.1, 0.15) is 22.7 Å². The summed E-state index contributed by atoms with van der Waals surface area (Å²) in [7, 11) is -1.16. The topological polar surface area (TPSA) is 21.6 Å². The molecule has 1 atom stereocenters. The van der Waals surface area contributed by atoms with Gasteiger partial charge in [-0.05, 0) is 29.8 Å². The van der Waals surface area contributed by atoms with Crippen molar-refractivity contribution in [1.29, 1.82) is 0 Å². The molecule has 1 aliphatic heterocycles. The molecule has 2 aromatic rings. The van der Waals surface area contributed by atoms with E-state index in [4.69, 9.17) is 4.74 Å². The highest BCUT2D eigenvalue weighted by Gasteiger charge is 2.26. The Hall–Kier alpha value is -2.45. The summed E-state index contributed by atoms with van der Waals surface area (Å²) in [6, 6.07) is 12.2. The van der Waals surface area contributed by atoms with Crippen LogP contribution in [-0.4, -0.2) is 20.6 Å². The average Bonchev–Trinajstić information content (AvgIpc) is 3.04. The van der Waals surface area contributed by atoms with E-state index < -0.39 is 19.7 Å². The first-order chi connectivity index (χ1) is 12.3. The van der Waals surface area contributed by atoms with Crippen LogP contribution in [0.4, 0.5) is 8.78 Å². The van der Waals surface area contributed by atoms with Crippen molar-refractivity contribution in [2.45, 2.75) is 31.7 Å². The number of ether oxygens (including phenoxy) is 1. The summed E-state index contributed by atoms with van der Waals surface area (Å²) < 4.78 is 33.2. The van der Waals surface area contributed by atoms with Gasteiger partial charge in [-0.25, -0.2) is 13.8 Å². The third kappa shape index (κ3) is 4.38. The number of hydrogen-bond donors (Lipinski definition) is 0. The van der Waals surface area contributed by atoms with E-state index >= 15 is 0 Å². The summed E-state index contributed by atoms with van der Waals surface area (Å²) in [5.74, 6) is 5.11. The fourth-order valence-electron chi connectivity index (χ4n) is 2.58. The molecule has 2 nitrogen and oxygen atoms in total. The highest BCUT2D eigenvalue weighted by atomic mass is 28.3. The smallest absolute Gasteiger partial charge is 0.222 e. The Balaban J connectivity index is 1.76. The van der Waals surface area contributed by atoms with Crippen molar-refractivity contribution >= 4 is 14.0 Å². The van der Waals surface area contributed by atoms with Crippen molar-refractivity contribution in [3.8, 4) is 11.8 Å². The quantitative estimate of drug-likeness (QED) is 0.540. The Kier molecular flexibility index (Phi) is 5.24. The fraction of sp³-hybridized carbons (Fsp3) is 0.286. The Morgan fingerprint density at radius 3 is 2.35 bits per heavy atom. The summed E-state index contributed by atoms with van der Waals surface area (Å²) in [4.78, 5) is 4.36. The van der Waals surface area contributed by atoms with E-state index in [2.05, 4.69) is 36.5 Å². The first-order valence-electron chi connectivity index (χ1n) is 8.57. The summed E-state index contributed by atoms with van der Waals surface area (Å²) >= 11 is 0. The molecule has 0 N–H and O–H groups in total. The zero-order valence-electron chi connectivity index (χ0n) is 15.1. The van der Waals surface area contributed by atoms with Gasteiger partial charge in [-0.15, -0.1) is 5.92 Å². The molecule has 2 aromatic carbocycles. The SMILES string of the molecule is C[Si](C)(C)CC#Cc1ccc(C2COC(c3c(F)cccc3F)=N2)cc1. The molecular weight excluding hydrogens is 348 g/mol. The molecule has 26 heavy (non-hydrogen) atoms. The summed E-state index contributed by atoms with van der Waals surface area (Å²) in [5, 5.41) is 0. The van der Waals surface area contributed by atoms with Crippen LogP contribution in [0.5, 0.6) is 0 Å². The van der Waals surface area contributed by atoms with Crippen molar-refractivity contribution in [2.75, 3.05) is 6.61 Å². The summed E-state index contributed by atoms with van der Waals surface area (Å²) in [5.41, 5.74) is 1.69. The van der Waals surface area contributed by atoms with E-state index in [9.17, 15) is 8.78 Å². The van der Waals surface area contributed by atoms with E-state index in [1.54, 1.807) is 0 Å². The Morgan fingerprint density at radius 2 is 1.73 bits per heavy atom. The van der Waals surface area contributed by atoms with Gasteiger partial charge in [0.25, 0.3) is 0 Å². The molecule has 1 aliphatic rings. The van der Waals surface area contributed by atoms with Gasteiger partial charge in [0.15, 0.2) is 0 Å². The lowest BCUT2D eigenvalue weighted by atomic mass is 10.1. The molecule has 0 radical (unpaired) electrons. The van der Waals surface area contributed by atoms with E-state index in [0.717, 1.165) is 17.2 Å². The van der Waals surface area contributed by atoms with E-state index in [0.29, 0.717) is 0 Å². The van der Waals surface area contributed by atoms with Crippen molar-refractivity contribution in [1.82, 2.24) is 0 Å². The van der Waals surface area contributed by atoms with Crippen LogP contribution >= 0.6 is 0 Å². The summed E-state index contributed by atoms with van der Waals surface area (Å²) in [6.07, 6.45) is 0. The van der Waals surface area contributed by atoms with Crippen molar-refractivity contribution in [3.63, 3.8) is 0 Å². The lowest BCUT2D eigenvalue weighted by molar-refractivity contribution is 0.317. The van der Waals surface area contributed by atoms with Gasteiger partial charge < -0.3 is 4.74 Å². The number of nitrogens with zero attached hydrogens (tertiary/aromatic N) is 1. The van der Waals surface area contributed by atoms with Crippen molar-refractivity contribution < 1.29 is 13.5 Å². The molecule has 0 spiro atoms. The predicted molar refractivity (Wildman–Crippen MR) is 103 cm³/mol. The van der Waals surface area contributed by atoms with Gasteiger partial charge in [0.1, 0.15) is 29.8 Å². The lowest BCUT2D eigenvalue weighted by Gasteiger charge is -2.09. The molecule has 0 fully saturated rings. The first-order valence-corrected chi connectivity index (χ1v) is 12.3. The zero-order chi connectivity index (χ0) is 18.7. The fourth-order valence-corrected chi connectivity index (χ4v) is 3.20. The molecule has 1 heterocycles. The maximum absolute atomic E-state index is 13.9. The third-order valence-electron chi connectivity index (χ3n) is 3.97. The van der Waals surface area contributed by atoms with Gasteiger partial charge in [0.05, 0.1) is 8.07 Å². The first kappa shape index (κ1) is 18.3. The van der Waals surface area contributed by atoms with E-state index in [1.165, 1.54) is 18.2 Å². The van der Waals surface area contributed by atoms with Crippen LogP contribution in [-0.2, 0) is 4.74 Å². The molecule has 0 aromatic heterocycles. The number of aliphatic imine (C=N–C) groups is 1. The molecule has 0 bridgehead atoms.